The average molecular weight is 216 g/mol. The van der Waals surface area contributed by atoms with Crippen molar-refractivity contribution >= 4 is 23.1 Å². The number of nitrogens with zero attached hydrogens (tertiary/aromatic N) is 1. The minimum atomic E-state index is 1.04. The molecule has 0 aromatic carbocycles. The van der Waals surface area contributed by atoms with Crippen LogP contribution in [-0.2, 0) is 12.2 Å². The molecule has 0 radical (unpaired) electrons. The summed E-state index contributed by atoms with van der Waals surface area (Å²) in [7, 11) is 0. The van der Waals surface area contributed by atoms with Gasteiger partial charge in [0.25, 0.3) is 0 Å². The van der Waals surface area contributed by atoms with Crippen LogP contribution in [0.2, 0.25) is 0 Å². The number of hydrogen-bond acceptors (Lipinski definition) is 4. The van der Waals surface area contributed by atoms with Crippen molar-refractivity contribution in [1.29, 1.82) is 0 Å². The first kappa shape index (κ1) is 11.0. The maximum Gasteiger partial charge on any atom is 0.103 e. The van der Waals surface area contributed by atoms with Crippen LogP contribution in [0, 0.1) is 0 Å². The zero-order valence-corrected chi connectivity index (χ0v) is 9.80. The topological polar surface area (TPSA) is 24.9 Å². The molecule has 0 aliphatic heterocycles. The predicted octanol–water partition coefficient (Wildman–Crippen LogP) is 2.16. The van der Waals surface area contributed by atoms with Crippen LogP contribution in [0.1, 0.15) is 17.6 Å². The zero-order chi connectivity index (χ0) is 9.52. The second-order valence-electron chi connectivity index (χ2n) is 2.77. The molecule has 0 atom stereocenters. The van der Waals surface area contributed by atoms with E-state index in [0.717, 1.165) is 25.3 Å². The standard InChI is InChI=1S/C9H16N2S2/c1-3-10-5-4-8-6-13-9(11-8)7-12-2/h6,10H,3-5,7H2,1-2H3. The fourth-order valence-electron chi connectivity index (χ4n) is 1.05. The van der Waals surface area contributed by atoms with Crippen molar-refractivity contribution in [2.24, 2.45) is 0 Å². The molecule has 1 rings (SSSR count). The Kier molecular flexibility index (Phi) is 5.43. The van der Waals surface area contributed by atoms with Gasteiger partial charge in [-0.3, -0.25) is 0 Å². The molecule has 0 saturated carbocycles. The minimum absolute atomic E-state index is 1.04. The smallest absolute Gasteiger partial charge is 0.103 e. The number of nitrogens with one attached hydrogen (secondary N) is 1. The molecule has 0 aliphatic carbocycles. The van der Waals surface area contributed by atoms with Gasteiger partial charge in [-0.15, -0.1) is 11.3 Å². The molecule has 2 nitrogen and oxygen atoms in total. The SMILES string of the molecule is CCNCCc1csc(CSC)n1. The lowest BCUT2D eigenvalue weighted by molar-refractivity contribution is 0.709. The summed E-state index contributed by atoms with van der Waals surface area (Å²) in [4.78, 5) is 4.53. The van der Waals surface area contributed by atoms with Gasteiger partial charge in [-0.2, -0.15) is 11.8 Å². The van der Waals surface area contributed by atoms with Crippen LogP contribution in [0.5, 0.6) is 0 Å². The molecule has 0 spiro atoms. The van der Waals surface area contributed by atoms with E-state index in [-0.39, 0.29) is 0 Å². The molecule has 4 heteroatoms. The Bertz CT molecular complexity index is 235. The molecule has 13 heavy (non-hydrogen) atoms. The van der Waals surface area contributed by atoms with Crippen molar-refractivity contribution in [2.75, 3.05) is 19.3 Å². The third-order valence-electron chi connectivity index (χ3n) is 1.68. The fourth-order valence-corrected chi connectivity index (χ4v) is 2.60. The maximum absolute atomic E-state index is 4.53. The molecule has 1 aromatic rings. The highest BCUT2D eigenvalue weighted by molar-refractivity contribution is 7.97. The van der Waals surface area contributed by atoms with Crippen molar-refractivity contribution in [3.63, 3.8) is 0 Å². The number of rotatable bonds is 6. The second-order valence-corrected chi connectivity index (χ2v) is 4.58. The third kappa shape index (κ3) is 4.11. The van der Waals surface area contributed by atoms with Crippen molar-refractivity contribution < 1.29 is 0 Å². The molecule has 74 valence electrons. The van der Waals surface area contributed by atoms with Crippen molar-refractivity contribution in [3.8, 4) is 0 Å². The first-order valence-electron chi connectivity index (χ1n) is 4.49. The van der Waals surface area contributed by atoms with E-state index < -0.39 is 0 Å². The lowest BCUT2D eigenvalue weighted by Gasteiger charge is -1.97. The molecule has 1 aromatic heterocycles. The van der Waals surface area contributed by atoms with Crippen LogP contribution in [0.3, 0.4) is 0 Å². The Labute approximate surface area is 88.2 Å². The van der Waals surface area contributed by atoms with Crippen molar-refractivity contribution in [1.82, 2.24) is 10.3 Å². The molecular formula is C9H16N2S2. The Morgan fingerprint density at radius 3 is 3.15 bits per heavy atom. The highest BCUT2D eigenvalue weighted by Gasteiger charge is 2.00. The summed E-state index contributed by atoms with van der Waals surface area (Å²) in [5.41, 5.74) is 1.23. The average Bonchev–Trinajstić information content (AvgIpc) is 2.54. The van der Waals surface area contributed by atoms with Gasteiger partial charge < -0.3 is 5.32 Å². The highest BCUT2D eigenvalue weighted by atomic mass is 32.2. The normalized spacial score (nSPS) is 10.6. The third-order valence-corrected chi connectivity index (χ3v) is 3.32. The molecule has 0 amide bonds. The maximum atomic E-state index is 4.53. The number of hydrogen-bond donors (Lipinski definition) is 1. The highest BCUT2D eigenvalue weighted by Crippen LogP contribution is 2.14. The Morgan fingerprint density at radius 2 is 2.46 bits per heavy atom. The minimum Gasteiger partial charge on any atom is -0.317 e. The van der Waals surface area contributed by atoms with E-state index >= 15 is 0 Å². The quantitative estimate of drug-likeness (QED) is 0.738. The van der Waals surface area contributed by atoms with E-state index in [2.05, 4.69) is 28.9 Å². The molecule has 0 aliphatic rings. The molecule has 0 saturated heterocycles. The van der Waals surface area contributed by atoms with Gasteiger partial charge in [0.2, 0.25) is 0 Å². The van der Waals surface area contributed by atoms with E-state index in [9.17, 15) is 0 Å². The molecule has 0 fully saturated rings. The van der Waals surface area contributed by atoms with Gasteiger partial charge in [-0.05, 0) is 12.8 Å². The Balaban J connectivity index is 2.31. The second kappa shape index (κ2) is 6.40. The van der Waals surface area contributed by atoms with E-state index in [1.54, 1.807) is 11.3 Å². The summed E-state index contributed by atoms with van der Waals surface area (Å²) >= 11 is 3.60. The van der Waals surface area contributed by atoms with Gasteiger partial charge in [-0.1, -0.05) is 6.92 Å². The Morgan fingerprint density at radius 1 is 1.62 bits per heavy atom. The van der Waals surface area contributed by atoms with E-state index in [4.69, 9.17) is 0 Å². The van der Waals surface area contributed by atoms with E-state index in [1.807, 2.05) is 11.8 Å². The van der Waals surface area contributed by atoms with Crippen LogP contribution in [0.15, 0.2) is 5.38 Å². The summed E-state index contributed by atoms with van der Waals surface area (Å²) in [6, 6.07) is 0. The van der Waals surface area contributed by atoms with Gasteiger partial charge in [0.1, 0.15) is 5.01 Å². The van der Waals surface area contributed by atoms with Gasteiger partial charge in [-0.25, -0.2) is 4.98 Å². The number of thioether (sulfide) groups is 1. The van der Waals surface area contributed by atoms with Crippen LogP contribution < -0.4 is 5.32 Å². The van der Waals surface area contributed by atoms with Crippen LogP contribution in [0.25, 0.3) is 0 Å². The van der Waals surface area contributed by atoms with E-state index in [0.29, 0.717) is 0 Å². The summed E-state index contributed by atoms with van der Waals surface area (Å²) in [6.07, 6.45) is 3.17. The summed E-state index contributed by atoms with van der Waals surface area (Å²) < 4.78 is 0. The van der Waals surface area contributed by atoms with Crippen LogP contribution in [0.4, 0.5) is 0 Å². The fraction of sp³-hybridized carbons (Fsp3) is 0.667. The van der Waals surface area contributed by atoms with Crippen LogP contribution >= 0.6 is 23.1 Å². The van der Waals surface area contributed by atoms with Crippen molar-refractivity contribution in [2.45, 2.75) is 19.1 Å². The lowest BCUT2D eigenvalue weighted by Crippen LogP contribution is -2.16. The van der Waals surface area contributed by atoms with Gasteiger partial charge in [0, 0.05) is 24.1 Å². The predicted molar refractivity (Wildman–Crippen MR) is 61.6 cm³/mol. The zero-order valence-electron chi connectivity index (χ0n) is 8.17. The first-order valence-corrected chi connectivity index (χ1v) is 6.77. The monoisotopic (exact) mass is 216 g/mol. The number of likely N-dealkylation sites (N-methyl/N-ethyl adjacent to an activating group) is 1. The Hall–Kier alpha value is -0.0600. The van der Waals surface area contributed by atoms with E-state index in [1.165, 1.54) is 10.7 Å². The first-order chi connectivity index (χ1) is 6.36. The molecule has 1 heterocycles. The van der Waals surface area contributed by atoms with Gasteiger partial charge >= 0.3 is 0 Å². The largest absolute Gasteiger partial charge is 0.317 e. The lowest BCUT2D eigenvalue weighted by atomic mass is 10.3. The summed E-state index contributed by atoms with van der Waals surface area (Å²) in [6.45, 7) is 4.21. The molecular weight excluding hydrogens is 200 g/mol. The van der Waals surface area contributed by atoms with Crippen molar-refractivity contribution in [3.05, 3.63) is 16.1 Å². The number of thiazole rings is 1. The number of aromatic nitrogens is 1. The van der Waals surface area contributed by atoms with Gasteiger partial charge in [0.15, 0.2) is 0 Å². The van der Waals surface area contributed by atoms with Crippen LogP contribution in [-0.4, -0.2) is 24.3 Å². The molecule has 0 unspecified atom stereocenters. The molecule has 0 bridgehead atoms. The van der Waals surface area contributed by atoms with Gasteiger partial charge in [0.05, 0.1) is 5.69 Å². The summed E-state index contributed by atoms with van der Waals surface area (Å²) in [5, 5.41) is 6.72. The summed E-state index contributed by atoms with van der Waals surface area (Å²) in [5.74, 6) is 1.05. The molecule has 1 N–H and O–H groups in total.